The van der Waals surface area contributed by atoms with Gasteiger partial charge in [-0.1, -0.05) is 0 Å². The molecule has 0 bridgehead atoms. The van der Waals surface area contributed by atoms with Crippen molar-refractivity contribution in [3.8, 4) is 17.2 Å². The summed E-state index contributed by atoms with van der Waals surface area (Å²) in [6.45, 7) is 4.09. The topological polar surface area (TPSA) is 118 Å². The van der Waals surface area contributed by atoms with Crippen molar-refractivity contribution in [2.75, 3.05) is 25.4 Å². The van der Waals surface area contributed by atoms with E-state index in [0.29, 0.717) is 24.6 Å². The van der Waals surface area contributed by atoms with Gasteiger partial charge in [0.2, 0.25) is 0 Å². The Labute approximate surface area is 195 Å². The monoisotopic (exact) mass is 456 g/mol. The number of anilines is 1. The molecule has 3 N–H and O–H groups in total. The molecule has 1 unspecified atom stereocenters. The molecule has 1 fully saturated rings. The Hall–Kier alpha value is -4.02. The van der Waals surface area contributed by atoms with Crippen molar-refractivity contribution < 1.29 is 9.47 Å². The van der Waals surface area contributed by atoms with E-state index in [9.17, 15) is 0 Å². The summed E-state index contributed by atoms with van der Waals surface area (Å²) < 4.78 is 15.9. The van der Waals surface area contributed by atoms with Crippen molar-refractivity contribution in [3.05, 3.63) is 60.3 Å². The molecule has 6 rings (SSSR count). The number of fused-ring (bicyclic) bond motifs is 2. The molecule has 1 saturated heterocycles. The lowest BCUT2D eigenvalue weighted by atomic mass is 10.1. The maximum Gasteiger partial charge on any atom is 0.168 e. The van der Waals surface area contributed by atoms with Crippen LogP contribution >= 0.6 is 0 Å². The maximum absolute atomic E-state index is 6.23. The van der Waals surface area contributed by atoms with E-state index in [4.69, 9.17) is 20.3 Å². The largest absolute Gasteiger partial charge is 0.457 e. The van der Waals surface area contributed by atoms with Gasteiger partial charge in [0.25, 0.3) is 0 Å². The van der Waals surface area contributed by atoms with Gasteiger partial charge in [-0.3, -0.25) is 0 Å². The van der Waals surface area contributed by atoms with Crippen LogP contribution in [0, 0.1) is 6.92 Å². The van der Waals surface area contributed by atoms with Gasteiger partial charge in [-0.05, 0) is 42.8 Å². The maximum atomic E-state index is 6.23. The first-order chi connectivity index (χ1) is 16.6. The number of hydrogen-bond donors (Lipinski definition) is 2. The first-order valence-electron chi connectivity index (χ1n) is 11.1. The normalized spacial score (nSPS) is 16.4. The minimum Gasteiger partial charge on any atom is -0.457 e. The highest BCUT2D eigenvalue weighted by Crippen LogP contribution is 2.33. The van der Waals surface area contributed by atoms with Gasteiger partial charge in [-0.25, -0.2) is 19.6 Å². The zero-order chi connectivity index (χ0) is 23.2. The molecule has 5 aromatic rings. The second-order valence-corrected chi connectivity index (χ2v) is 8.38. The standard InChI is InChI=1S/C24H24N8O2/c1-14-9-15(3-6-19(14)34-16-4-5-18-17(10-16)29-13-31(18)2)32-24-21(23(25)27-12-28-24)22(30-32)20-11-26-7-8-33-20/h3-6,9-10,12-13,20,26H,7-8,11H2,1-2H3,(H2,25,27,28). The van der Waals surface area contributed by atoms with E-state index in [1.54, 1.807) is 11.0 Å². The molecule has 34 heavy (non-hydrogen) atoms. The van der Waals surface area contributed by atoms with Crippen LogP contribution in [0.15, 0.2) is 49.1 Å². The fourth-order valence-electron chi connectivity index (χ4n) is 4.33. The highest BCUT2D eigenvalue weighted by molar-refractivity contribution is 5.89. The Kier molecular flexibility index (Phi) is 4.89. The number of nitrogens with two attached hydrogens (primary N) is 1. The lowest BCUT2D eigenvalue weighted by Gasteiger charge is -2.22. The number of imidazole rings is 1. The summed E-state index contributed by atoms with van der Waals surface area (Å²) in [5.74, 6) is 1.88. The molecule has 0 radical (unpaired) electrons. The first kappa shape index (κ1) is 20.6. The third-order valence-corrected chi connectivity index (χ3v) is 6.08. The van der Waals surface area contributed by atoms with Gasteiger partial charge in [0.05, 0.1) is 35.0 Å². The molecule has 2 aromatic carbocycles. The van der Waals surface area contributed by atoms with Gasteiger partial charge in [0.1, 0.15) is 35.4 Å². The minimum atomic E-state index is -0.212. The van der Waals surface area contributed by atoms with E-state index in [1.807, 2.05) is 54.9 Å². The number of nitrogen functional groups attached to an aromatic ring is 1. The zero-order valence-electron chi connectivity index (χ0n) is 18.9. The number of nitrogens with one attached hydrogen (secondary N) is 1. The van der Waals surface area contributed by atoms with E-state index in [-0.39, 0.29) is 6.10 Å². The fourth-order valence-corrected chi connectivity index (χ4v) is 4.33. The smallest absolute Gasteiger partial charge is 0.168 e. The molecular weight excluding hydrogens is 432 g/mol. The first-order valence-corrected chi connectivity index (χ1v) is 11.1. The average Bonchev–Trinajstić information content (AvgIpc) is 3.43. The fraction of sp³-hybridized carbons (Fsp3) is 0.250. The van der Waals surface area contributed by atoms with Crippen molar-refractivity contribution >= 4 is 27.9 Å². The number of ether oxygens (including phenoxy) is 2. The number of aryl methyl sites for hydroxylation is 2. The van der Waals surface area contributed by atoms with Crippen molar-refractivity contribution in [2.24, 2.45) is 7.05 Å². The lowest BCUT2D eigenvalue weighted by molar-refractivity contribution is 0.0257. The number of morpholine rings is 1. The Morgan fingerprint density at radius 1 is 1.15 bits per heavy atom. The summed E-state index contributed by atoms with van der Waals surface area (Å²) in [7, 11) is 1.97. The van der Waals surface area contributed by atoms with Gasteiger partial charge >= 0.3 is 0 Å². The van der Waals surface area contributed by atoms with Crippen LogP contribution in [-0.2, 0) is 11.8 Å². The molecule has 0 spiro atoms. The van der Waals surface area contributed by atoms with Crippen LogP contribution < -0.4 is 15.8 Å². The third kappa shape index (κ3) is 3.44. The number of benzene rings is 2. The molecule has 0 amide bonds. The Morgan fingerprint density at radius 2 is 2.06 bits per heavy atom. The van der Waals surface area contributed by atoms with Gasteiger partial charge in [0, 0.05) is 26.2 Å². The Bertz CT molecular complexity index is 1520. The average molecular weight is 457 g/mol. The molecule has 3 aromatic heterocycles. The molecule has 1 aliphatic heterocycles. The molecule has 10 nitrogen and oxygen atoms in total. The SMILES string of the molecule is Cc1cc(-n2nc(C3CNCCO3)c3c(N)ncnc32)ccc1Oc1ccc2c(c1)ncn2C. The lowest BCUT2D eigenvalue weighted by Crippen LogP contribution is -2.33. The molecule has 4 heterocycles. The van der Waals surface area contributed by atoms with Gasteiger partial charge in [-0.2, -0.15) is 5.10 Å². The molecule has 1 atom stereocenters. The van der Waals surface area contributed by atoms with E-state index < -0.39 is 0 Å². The second kappa shape index (κ2) is 8.08. The summed E-state index contributed by atoms with van der Waals surface area (Å²) in [6, 6.07) is 11.8. The van der Waals surface area contributed by atoms with Gasteiger partial charge < -0.3 is 25.1 Å². The summed E-state index contributed by atoms with van der Waals surface area (Å²) >= 11 is 0. The Balaban J connectivity index is 1.37. The summed E-state index contributed by atoms with van der Waals surface area (Å²) in [5, 5.41) is 8.91. The van der Waals surface area contributed by atoms with Gasteiger partial charge in [-0.15, -0.1) is 0 Å². The number of rotatable bonds is 4. The molecular formula is C24H24N8O2. The van der Waals surface area contributed by atoms with Crippen LogP contribution in [0.4, 0.5) is 5.82 Å². The highest BCUT2D eigenvalue weighted by atomic mass is 16.5. The number of aromatic nitrogens is 6. The Morgan fingerprint density at radius 3 is 2.88 bits per heavy atom. The van der Waals surface area contributed by atoms with Crippen LogP contribution in [0.25, 0.3) is 27.8 Å². The summed E-state index contributed by atoms with van der Waals surface area (Å²) in [5.41, 5.74) is 11.4. The third-order valence-electron chi connectivity index (χ3n) is 6.08. The van der Waals surface area contributed by atoms with E-state index in [2.05, 4.69) is 20.3 Å². The number of hydrogen-bond acceptors (Lipinski definition) is 8. The number of nitrogens with zero attached hydrogens (tertiary/aromatic N) is 6. The van der Waals surface area contributed by atoms with Crippen LogP contribution in [0.5, 0.6) is 11.5 Å². The summed E-state index contributed by atoms with van der Waals surface area (Å²) in [4.78, 5) is 13.1. The van der Waals surface area contributed by atoms with Crippen molar-refractivity contribution in [1.29, 1.82) is 0 Å². The quantitative estimate of drug-likeness (QED) is 0.424. The predicted octanol–water partition coefficient (Wildman–Crippen LogP) is 3.05. The van der Waals surface area contributed by atoms with Crippen LogP contribution in [-0.4, -0.2) is 49.0 Å². The predicted molar refractivity (Wildman–Crippen MR) is 128 cm³/mol. The molecule has 1 aliphatic rings. The van der Waals surface area contributed by atoms with Crippen molar-refractivity contribution in [3.63, 3.8) is 0 Å². The van der Waals surface area contributed by atoms with Crippen LogP contribution in [0.3, 0.4) is 0 Å². The zero-order valence-corrected chi connectivity index (χ0v) is 18.9. The van der Waals surface area contributed by atoms with Crippen LogP contribution in [0.1, 0.15) is 17.4 Å². The second-order valence-electron chi connectivity index (χ2n) is 8.38. The van der Waals surface area contributed by atoms with Crippen LogP contribution in [0.2, 0.25) is 0 Å². The molecule has 0 aliphatic carbocycles. The molecule has 0 saturated carbocycles. The summed E-state index contributed by atoms with van der Waals surface area (Å²) in [6.07, 6.45) is 3.04. The molecule has 10 heteroatoms. The minimum absolute atomic E-state index is 0.212. The van der Waals surface area contributed by atoms with Gasteiger partial charge in [0.15, 0.2) is 5.65 Å². The van der Waals surface area contributed by atoms with E-state index in [1.165, 1.54) is 6.33 Å². The van der Waals surface area contributed by atoms with E-state index >= 15 is 0 Å². The van der Waals surface area contributed by atoms with Crippen molar-refractivity contribution in [1.82, 2.24) is 34.6 Å². The van der Waals surface area contributed by atoms with Crippen molar-refractivity contribution in [2.45, 2.75) is 13.0 Å². The highest BCUT2D eigenvalue weighted by Gasteiger charge is 2.26. The molecule has 172 valence electrons. The van der Waals surface area contributed by atoms with E-state index in [0.717, 1.165) is 51.4 Å².